The van der Waals surface area contributed by atoms with E-state index in [4.69, 9.17) is 13.9 Å². The van der Waals surface area contributed by atoms with E-state index in [9.17, 15) is 14.4 Å². The van der Waals surface area contributed by atoms with Gasteiger partial charge in [-0.25, -0.2) is 9.59 Å². The molecule has 32 heavy (non-hydrogen) atoms. The van der Waals surface area contributed by atoms with Crippen molar-refractivity contribution in [1.29, 1.82) is 0 Å². The molecule has 0 aliphatic carbocycles. The highest BCUT2D eigenvalue weighted by atomic mass is 16.6. The van der Waals surface area contributed by atoms with Gasteiger partial charge >= 0.3 is 11.7 Å². The number of nitrogens with zero attached hydrogens (tertiary/aromatic N) is 2. The smallest absolute Gasteiger partial charge is 0.410 e. The van der Waals surface area contributed by atoms with Crippen molar-refractivity contribution < 1.29 is 23.5 Å². The lowest BCUT2D eigenvalue weighted by Gasteiger charge is -2.34. The van der Waals surface area contributed by atoms with Crippen molar-refractivity contribution in [3.8, 4) is 5.75 Å². The van der Waals surface area contributed by atoms with Crippen LogP contribution in [-0.4, -0.2) is 54.6 Å². The number of ether oxygens (including phenoxy) is 2. The van der Waals surface area contributed by atoms with Gasteiger partial charge in [-0.05, 0) is 24.1 Å². The van der Waals surface area contributed by atoms with Crippen LogP contribution < -0.4 is 10.4 Å². The summed E-state index contributed by atoms with van der Waals surface area (Å²) in [6.07, 6.45) is -0.390. The predicted octanol–water partition coefficient (Wildman–Crippen LogP) is 2.96. The van der Waals surface area contributed by atoms with Crippen LogP contribution in [0.15, 0.2) is 63.8 Å². The van der Waals surface area contributed by atoms with Gasteiger partial charge in [-0.3, -0.25) is 4.79 Å². The van der Waals surface area contributed by atoms with Gasteiger partial charge in [-0.1, -0.05) is 42.5 Å². The highest BCUT2D eigenvalue weighted by Gasteiger charge is 2.25. The van der Waals surface area contributed by atoms with Crippen LogP contribution in [0, 0.1) is 6.92 Å². The van der Waals surface area contributed by atoms with E-state index in [1.807, 2.05) is 43.3 Å². The zero-order valence-corrected chi connectivity index (χ0v) is 17.8. The first-order chi connectivity index (χ1) is 15.5. The minimum absolute atomic E-state index is 0.185. The van der Waals surface area contributed by atoms with Crippen molar-refractivity contribution in [2.75, 3.05) is 32.8 Å². The molecule has 2 amide bonds. The Balaban J connectivity index is 1.28. The minimum atomic E-state index is -0.465. The number of rotatable bonds is 5. The largest absolute Gasteiger partial charge is 0.480 e. The quantitative estimate of drug-likeness (QED) is 0.572. The first-order valence-electron chi connectivity index (χ1n) is 10.4. The molecule has 1 saturated heterocycles. The third kappa shape index (κ3) is 4.91. The van der Waals surface area contributed by atoms with Gasteiger partial charge in [-0.15, -0.1) is 0 Å². The Morgan fingerprint density at radius 3 is 2.44 bits per heavy atom. The zero-order chi connectivity index (χ0) is 22.5. The fraction of sp³-hybridized carbons (Fsp3) is 0.292. The summed E-state index contributed by atoms with van der Waals surface area (Å²) in [5.74, 6) is 0.147. The SMILES string of the molecule is Cc1cc(=O)oc2c(OCC(=O)N3CCN(C(=O)OCc4ccccc4)CC3)cccc12. The van der Waals surface area contributed by atoms with Crippen molar-refractivity contribution in [2.24, 2.45) is 0 Å². The monoisotopic (exact) mass is 436 g/mol. The Kier molecular flexibility index (Phi) is 6.39. The number of carbonyl (C=O) groups excluding carboxylic acids is 2. The number of fused-ring (bicyclic) bond motifs is 1. The van der Waals surface area contributed by atoms with Crippen LogP contribution in [0.1, 0.15) is 11.1 Å². The van der Waals surface area contributed by atoms with Crippen molar-refractivity contribution in [1.82, 2.24) is 9.80 Å². The molecule has 3 aromatic rings. The minimum Gasteiger partial charge on any atom is -0.480 e. The summed E-state index contributed by atoms with van der Waals surface area (Å²) in [7, 11) is 0. The van der Waals surface area contributed by atoms with E-state index in [1.54, 1.807) is 21.9 Å². The standard InChI is InChI=1S/C24H24N2O6/c1-17-14-22(28)32-23-19(17)8-5-9-20(23)30-16-21(27)25-10-12-26(13-11-25)24(29)31-15-18-6-3-2-4-7-18/h2-9,14H,10-13,15-16H2,1H3. The van der Waals surface area contributed by atoms with Gasteiger partial charge in [0.15, 0.2) is 17.9 Å². The van der Waals surface area contributed by atoms with Crippen molar-refractivity contribution in [3.63, 3.8) is 0 Å². The summed E-state index contributed by atoms with van der Waals surface area (Å²) >= 11 is 0. The van der Waals surface area contributed by atoms with Gasteiger partial charge in [0.2, 0.25) is 0 Å². The van der Waals surface area contributed by atoms with Gasteiger partial charge in [0.1, 0.15) is 6.61 Å². The maximum absolute atomic E-state index is 12.6. The van der Waals surface area contributed by atoms with Gasteiger partial charge in [0, 0.05) is 37.6 Å². The van der Waals surface area contributed by atoms with Crippen LogP contribution in [0.5, 0.6) is 5.75 Å². The van der Waals surface area contributed by atoms with E-state index in [1.165, 1.54) is 6.07 Å². The number of amides is 2. The molecule has 8 nitrogen and oxygen atoms in total. The maximum atomic E-state index is 12.6. The Bertz CT molecular complexity index is 1170. The molecule has 8 heteroatoms. The third-order valence-corrected chi connectivity index (χ3v) is 5.39. The van der Waals surface area contributed by atoms with Gasteiger partial charge in [0.05, 0.1) is 0 Å². The molecule has 0 radical (unpaired) electrons. The van der Waals surface area contributed by atoms with Crippen LogP contribution in [0.2, 0.25) is 0 Å². The highest BCUT2D eigenvalue weighted by molar-refractivity contribution is 5.86. The van der Waals surface area contributed by atoms with E-state index < -0.39 is 11.7 Å². The average molecular weight is 436 g/mol. The number of piperazine rings is 1. The molecule has 0 N–H and O–H groups in total. The lowest BCUT2D eigenvalue weighted by molar-refractivity contribution is -0.134. The predicted molar refractivity (Wildman–Crippen MR) is 117 cm³/mol. The van der Waals surface area contributed by atoms with Crippen molar-refractivity contribution in [2.45, 2.75) is 13.5 Å². The summed E-state index contributed by atoms with van der Waals surface area (Å²) in [4.78, 5) is 39.8. The molecule has 0 spiro atoms. The molecule has 0 saturated carbocycles. The van der Waals surface area contributed by atoms with E-state index in [0.717, 1.165) is 16.5 Å². The summed E-state index contributed by atoms with van der Waals surface area (Å²) in [5, 5.41) is 0.761. The molecule has 1 fully saturated rings. The first kappa shape index (κ1) is 21.4. The van der Waals surface area contributed by atoms with Gasteiger partial charge < -0.3 is 23.7 Å². The zero-order valence-electron chi connectivity index (χ0n) is 17.8. The number of carbonyl (C=O) groups is 2. The Morgan fingerprint density at radius 1 is 0.969 bits per heavy atom. The molecule has 2 heterocycles. The second-order valence-corrected chi connectivity index (χ2v) is 7.58. The van der Waals surface area contributed by atoms with Crippen molar-refractivity contribution >= 4 is 23.0 Å². The van der Waals surface area contributed by atoms with Gasteiger partial charge in [-0.2, -0.15) is 0 Å². The van der Waals surface area contributed by atoms with Gasteiger partial charge in [0.25, 0.3) is 5.91 Å². The lowest BCUT2D eigenvalue weighted by Crippen LogP contribution is -2.51. The Labute approximate surface area is 184 Å². The number of aryl methyl sites for hydroxylation is 1. The molecule has 1 aliphatic rings. The highest BCUT2D eigenvalue weighted by Crippen LogP contribution is 2.26. The first-order valence-corrected chi connectivity index (χ1v) is 10.4. The summed E-state index contributed by atoms with van der Waals surface area (Å²) in [5.41, 5.74) is 1.57. The van der Waals surface area contributed by atoms with E-state index in [-0.39, 0.29) is 19.1 Å². The second kappa shape index (κ2) is 9.55. The van der Waals surface area contributed by atoms with Crippen LogP contribution in [0.25, 0.3) is 11.0 Å². The number of para-hydroxylation sites is 1. The molecule has 2 aromatic carbocycles. The summed E-state index contributed by atoms with van der Waals surface area (Å²) < 4.78 is 16.3. The van der Waals surface area contributed by atoms with Crippen LogP contribution >= 0.6 is 0 Å². The average Bonchev–Trinajstić information content (AvgIpc) is 2.82. The number of benzene rings is 2. The molecular formula is C24H24N2O6. The summed E-state index contributed by atoms with van der Waals surface area (Å²) in [6, 6.07) is 16.2. The molecule has 1 aliphatic heterocycles. The molecule has 0 bridgehead atoms. The van der Waals surface area contributed by atoms with Crippen molar-refractivity contribution in [3.05, 3.63) is 76.1 Å². The Morgan fingerprint density at radius 2 is 1.69 bits per heavy atom. The van der Waals surface area contributed by atoms with Crippen LogP contribution in [0.4, 0.5) is 4.79 Å². The fourth-order valence-electron chi connectivity index (χ4n) is 3.61. The van der Waals surface area contributed by atoms with E-state index >= 15 is 0 Å². The molecule has 4 rings (SSSR count). The molecular weight excluding hydrogens is 412 g/mol. The van der Waals surface area contributed by atoms with E-state index in [0.29, 0.717) is 37.5 Å². The Hall–Kier alpha value is -3.81. The lowest BCUT2D eigenvalue weighted by atomic mass is 10.1. The molecule has 166 valence electrons. The molecule has 1 aromatic heterocycles. The maximum Gasteiger partial charge on any atom is 0.410 e. The second-order valence-electron chi connectivity index (χ2n) is 7.58. The van der Waals surface area contributed by atoms with Crippen LogP contribution in [0.3, 0.4) is 0 Å². The summed E-state index contributed by atoms with van der Waals surface area (Å²) in [6.45, 7) is 3.42. The van der Waals surface area contributed by atoms with E-state index in [2.05, 4.69) is 0 Å². The molecule has 0 unspecified atom stereocenters. The fourth-order valence-corrected chi connectivity index (χ4v) is 3.61. The number of hydrogen-bond acceptors (Lipinski definition) is 6. The molecule has 0 atom stereocenters. The topological polar surface area (TPSA) is 89.3 Å². The normalized spacial score (nSPS) is 13.8. The number of hydrogen-bond donors (Lipinski definition) is 0. The van der Waals surface area contributed by atoms with Crippen LogP contribution in [-0.2, 0) is 16.1 Å². The third-order valence-electron chi connectivity index (χ3n) is 5.39.